The molecule has 1 aliphatic rings. The molecule has 0 aromatic heterocycles. The molecule has 1 unspecified atom stereocenters. The van der Waals surface area contributed by atoms with Crippen molar-refractivity contribution in [2.45, 2.75) is 56.9 Å². The quantitative estimate of drug-likeness (QED) is 0.837. The van der Waals surface area contributed by atoms with Gasteiger partial charge in [0.05, 0.1) is 11.5 Å². The van der Waals surface area contributed by atoms with Crippen molar-refractivity contribution >= 4 is 10.0 Å². The van der Waals surface area contributed by atoms with Crippen LogP contribution in [0.4, 0.5) is 0 Å². The van der Waals surface area contributed by atoms with Gasteiger partial charge in [0, 0.05) is 12.6 Å². The van der Waals surface area contributed by atoms with Crippen LogP contribution in [0.25, 0.3) is 0 Å². The van der Waals surface area contributed by atoms with Crippen LogP contribution < -0.4 is 4.72 Å². The van der Waals surface area contributed by atoms with Crippen LogP contribution in [0.5, 0.6) is 0 Å². The molecule has 5 heteroatoms. The third-order valence-corrected chi connectivity index (χ3v) is 5.86. The summed E-state index contributed by atoms with van der Waals surface area (Å²) < 4.78 is 33.6. The fourth-order valence-corrected chi connectivity index (χ4v) is 4.32. The van der Waals surface area contributed by atoms with Gasteiger partial charge in [-0.15, -0.1) is 0 Å². The Morgan fingerprint density at radius 3 is 2.41 bits per heavy atom. The third kappa shape index (κ3) is 4.80. The lowest BCUT2D eigenvalue weighted by molar-refractivity contribution is 0.102. The molecule has 1 aromatic rings. The minimum absolute atomic E-state index is 0.133. The Morgan fingerprint density at radius 1 is 1.18 bits per heavy atom. The lowest BCUT2D eigenvalue weighted by Crippen LogP contribution is -2.44. The summed E-state index contributed by atoms with van der Waals surface area (Å²) >= 11 is 0. The molecule has 0 saturated heterocycles. The van der Waals surface area contributed by atoms with Crippen LogP contribution in [0, 0.1) is 12.8 Å². The number of sulfonamides is 1. The predicted molar refractivity (Wildman–Crippen MR) is 88.4 cm³/mol. The number of rotatable bonds is 7. The second-order valence-corrected chi connectivity index (χ2v) is 7.81. The van der Waals surface area contributed by atoms with Crippen LogP contribution in [0.1, 0.15) is 44.6 Å². The summed E-state index contributed by atoms with van der Waals surface area (Å²) in [5, 5.41) is 0. The number of aryl methyl sites for hydroxylation is 1. The van der Waals surface area contributed by atoms with Crippen molar-refractivity contribution < 1.29 is 13.2 Å². The lowest BCUT2D eigenvalue weighted by Gasteiger charge is -2.30. The molecule has 22 heavy (non-hydrogen) atoms. The first kappa shape index (κ1) is 17.4. The normalized spacial score (nSPS) is 18.3. The molecular weight excluding hydrogens is 298 g/mol. The molecule has 1 N–H and O–H groups in total. The van der Waals surface area contributed by atoms with Crippen molar-refractivity contribution in [1.29, 1.82) is 0 Å². The number of benzene rings is 1. The Balaban J connectivity index is 2.11. The third-order valence-electron chi connectivity index (χ3n) is 4.36. The molecule has 0 radical (unpaired) electrons. The maximum atomic E-state index is 12.6. The first-order chi connectivity index (χ1) is 10.5. The van der Waals surface area contributed by atoms with Gasteiger partial charge in [-0.2, -0.15) is 0 Å². The molecule has 1 atom stereocenters. The van der Waals surface area contributed by atoms with E-state index in [1.54, 1.807) is 12.1 Å². The molecule has 0 aliphatic heterocycles. The SMILES string of the molecule is CCOCC(NS(=O)(=O)c1ccc(C)cc1)C1CCCCC1. The molecular formula is C17H27NO3S. The highest BCUT2D eigenvalue weighted by Crippen LogP contribution is 2.27. The van der Waals surface area contributed by atoms with Gasteiger partial charge in [-0.25, -0.2) is 13.1 Å². The lowest BCUT2D eigenvalue weighted by atomic mass is 9.84. The van der Waals surface area contributed by atoms with Gasteiger partial charge >= 0.3 is 0 Å². The van der Waals surface area contributed by atoms with E-state index < -0.39 is 10.0 Å². The fraction of sp³-hybridized carbons (Fsp3) is 0.647. The van der Waals surface area contributed by atoms with Gasteiger partial charge in [0.1, 0.15) is 0 Å². The number of hydrogen-bond donors (Lipinski definition) is 1. The van der Waals surface area contributed by atoms with E-state index in [4.69, 9.17) is 4.74 Å². The first-order valence-electron chi connectivity index (χ1n) is 8.19. The Morgan fingerprint density at radius 2 is 1.82 bits per heavy atom. The average molecular weight is 325 g/mol. The minimum Gasteiger partial charge on any atom is -0.380 e. The van der Waals surface area contributed by atoms with E-state index in [0.717, 1.165) is 18.4 Å². The smallest absolute Gasteiger partial charge is 0.240 e. The summed E-state index contributed by atoms with van der Waals surface area (Å²) in [5.74, 6) is 0.375. The number of hydrogen-bond acceptors (Lipinski definition) is 3. The minimum atomic E-state index is -3.49. The summed E-state index contributed by atoms with van der Waals surface area (Å²) in [6.45, 7) is 4.94. The number of ether oxygens (including phenoxy) is 1. The molecule has 1 aliphatic carbocycles. The van der Waals surface area contributed by atoms with Crippen molar-refractivity contribution in [3.05, 3.63) is 29.8 Å². The van der Waals surface area contributed by atoms with E-state index in [-0.39, 0.29) is 6.04 Å². The molecule has 4 nitrogen and oxygen atoms in total. The Labute approximate surface area is 134 Å². The highest BCUT2D eigenvalue weighted by molar-refractivity contribution is 7.89. The Kier molecular flexibility index (Phi) is 6.41. The summed E-state index contributed by atoms with van der Waals surface area (Å²) in [6.07, 6.45) is 5.77. The van der Waals surface area contributed by atoms with E-state index in [2.05, 4.69) is 4.72 Å². The first-order valence-corrected chi connectivity index (χ1v) is 9.68. The van der Waals surface area contributed by atoms with Crippen molar-refractivity contribution in [3.63, 3.8) is 0 Å². The molecule has 0 amide bonds. The van der Waals surface area contributed by atoms with Gasteiger partial charge in [-0.05, 0) is 44.7 Å². The highest BCUT2D eigenvalue weighted by Gasteiger charge is 2.28. The molecule has 1 aromatic carbocycles. The molecule has 1 saturated carbocycles. The Bertz CT molecular complexity index is 548. The zero-order valence-electron chi connectivity index (χ0n) is 13.5. The summed E-state index contributed by atoms with van der Waals surface area (Å²) in [4.78, 5) is 0.329. The molecule has 2 rings (SSSR count). The molecule has 0 heterocycles. The van der Waals surface area contributed by atoms with Gasteiger partial charge in [-0.1, -0.05) is 37.0 Å². The Hall–Kier alpha value is -0.910. The molecule has 1 fully saturated rings. The van der Waals surface area contributed by atoms with Crippen LogP contribution in [-0.2, 0) is 14.8 Å². The summed E-state index contributed by atoms with van der Waals surface area (Å²) in [6, 6.07) is 6.85. The van der Waals surface area contributed by atoms with Crippen LogP contribution >= 0.6 is 0 Å². The second kappa shape index (κ2) is 8.09. The fourth-order valence-electron chi connectivity index (χ4n) is 3.03. The van der Waals surface area contributed by atoms with Crippen molar-refractivity contribution in [2.24, 2.45) is 5.92 Å². The van der Waals surface area contributed by atoms with Gasteiger partial charge in [0.2, 0.25) is 10.0 Å². The zero-order valence-corrected chi connectivity index (χ0v) is 14.4. The van der Waals surface area contributed by atoms with Gasteiger partial charge in [0.25, 0.3) is 0 Å². The zero-order chi connectivity index (χ0) is 16.0. The van der Waals surface area contributed by atoms with Crippen molar-refractivity contribution in [3.8, 4) is 0 Å². The largest absolute Gasteiger partial charge is 0.380 e. The van der Waals surface area contributed by atoms with Gasteiger partial charge in [-0.3, -0.25) is 0 Å². The van der Waals surface area contributed by atoms with E-state index >= 15 is 0 Å². The number of nitrogens with one attached hydrogen (secondary N) is 1. The summed E-state index contributed by atoms with van der Waals surface area (Å²) in [5.41, 5.74) is 1.05. The highest BCUT2D eigenvalue weighted by atomic mass is 32.2. The van der Waals surface area contributed by atoms with E-state index in [1.165, 1.54) is 19.3 Å². The van der Waals surface area contributed by atoms with E-state index in [0.29, 0.717) is 24.0 Å². The van der Waals surface area contributed by atoms with Crippen LogP contribution in [0.3, 0.4) is 0 Å². The topological polar surface area (TPSA) is 55.4 Å². The monoisotopic (exact) mass is 325 g/mol. The van der Waals surface area contributed by atoms with Crippen LogP contribution in [-0.4, -0.2) is 27.7 Å². The van der Waals surface area contributed by atoms with Crippen molar-refractivity contribution in [2.75, 3.05) is 13.2 Å². The molecule has 124 valence electrons. The van der Waals surface area contributed by atoms with Crippen LogP contribution in [0.15, 0.2) is 29.2 Å². The maximum absolute atomic E-state index is 12.6. The standard InChI is InChI=1S/C17H27NO3S/c1-3-21-13-17(15-7-5-4-6-8-15)18-22(19,20)16-11-9-14(2)10-12-16/h9-12,15,17-18H,3-8,13H2,1-2H3. The van der Waals surface area contributed by atoms with Crippen molar-refractivity contribution in [1.82, 2.24) is 4.72 Å². The van der Waals surface area contributed by atoms with E-state index in [1.807, 2.05) is 26.0 Å². The summed E-state index contributed by atoms with van der Waals surface area (Å²) in [7, 11) is -3.49. The maximum Gasteiger partial charge on any atom is 0.240 e. The second-order valence-electron chi connectivity index (χ2n) is 6.10. The molecule has 0 bridgehead atoms. The predicted octanol–water partition coefficient (Wildman–Crippen LogP) is 3.26. The van der Waals surface area contributed by atoms with Gasteiger partial charge in [0.15, 0.2) is 0 Å². The van der Waals surface area contributed by atoms with Gasteiger partial charge < -0.3 is 4.74 Å². The van der Waals surface area contributed by atoms with E-state index in [9.17, 15) is 8.42 Å². The average Bonchev–Trinajstić information content (AvgIpc) is 2.52. The van der Waals surface area contributed by atoms with Crippen LogP contribution in [0.2, 0.25) is 0 Å². The molecule has 0 spiro atoms.